The molecule has 0 aliphatic carbocycles. The molecule has 0 fully saturated rings. The molecular weight excluding hydrogens is 384 g/mol. The van der Waals surface area contributed by atoms with Crippen LogP contribution in [0.2, 0.25) is 5.02 Å². The predicted octanol–water partition coefficient (Wildman–Crippen LogP) is 5.62. The van der Waals surface area contributed by atoms with E-state index in [2.05, 4.69) is 37.2 Å². The monoisotopic (exact) mass is 391 g/mol. The fourth-order valence-corrected chi connectivity index (χ4v) is 2.42. The Bertz CT molecular complexity index is 575. The van der Waals surface area contributed by atoms with Crippen LogP contribution in [0.25, 0.3) is 0 Å². The van der Waals surface area contributed by atoms with Crippen molar-refractivity contribution in [1.29, 1.82) is 0 Å². The molecule has 5 heteroatoms. The van der Waals surface area contributed by atoms with Crippen molar-refractivity contribution in [2.75, 3.05) is 5.32 Å². The Labute approximate surface area is 127 Å². The SMILES string of the molecule is Fc1cc(Br)ccc1NCc1cc(Cl)ccc1Br. The van der Waals surface area contributed by atoms with E-state index in [1.807, 2.05) is 12.1 Å². The first-order valence-corrected chi connectivity index (χ1v) is 7.15. The van der Waals surface area contributed by atoms with Gasteiger partial charge in [0, 0.05) is 20.5 Å². The van der Waals surface area contributed by atoms with E-state index in [1.165, 1.54) is 6.07 Å². The molecule has 0 atom stereocenters. The summed E-state index contributed by atoms with van der Waals surface area (Å²) in [5, 5.41) is 3.70. The topological polar surface area (TPSA) is 12.0 Å². The molecule has 1 nitrogen and oxygen atoms in total. The second-order valence-electron chi connectivity index (χ2n) is 3.71. The molecule has 0 aromatic heterocycles. The van der Waals surface area contributed by atoms with Gasteiger partial charge in [0.25, 0.3) is 0 Å². The Hall–Kier alpha value is -0.580. The number of rotatable bonds is 3. The first-order chi connectivity index (χ1) is 8.56. The third kappa shape index (κ3) is 3.46. The third-order valence-electron chi connectivity index (χ3n) is 2.41. The van der Waals surface area contributed by atoms with Crippen molar-refractivity contribution in [3.63, 3.8) is 0 Å². The average Bonchev–Trinajstić information content (AvgIpc) is 2.32. The molecule has 0 radical (unpaired) electrons. The summed E-state index contributed by atoms with van der Waals surface area (Å²) in [5.41, 5.74) is 1.44. The zero-order chi connectivity index (χ0) is 13.1. The average molecular weight is 393 g/mol. The summed E-state index contributed by atoms with van der Waals surface area (Å²) < 4.78 is 15.3. The second-order valence-corrected chi connectivity index (χ2v) is 5.92. The molecule has 1 N–H and O–H groups in total. The maximum absolute atomic E-state index is 13.6. The molecule has 2 aromatic carbocycles. The molecule has 0 aliphatic rings. The highest BCUT2D eigenvalue weighted by molar-refractivity contribution is 9.10. The predicted molar refractivity (Wildman–Crippen MR) is 80.6 cm³/mol. The Kier molecular flexibility index (Phi) is 4.65. The highest BCUT2D eigenvalue weighted by Crippen LogP contribution is 2.24. The first-order valence-electron chi connectivity index (χ1n) is 5.19. The minimum atomic E-state index is -0.289. The highest BCUT2D eigenvalue weighted by atomic mass is 79.9. The van der Waals surface area contributed by atoms with Gasteiger partial charge in [-0.2, -0.15) is 0 Å². The van der Waals surface area contributed by atoms with Gasteiger partial charge in [0.05, 0.1) is 5.69 Å². The van der Waals surface area contributed by atoms with Crippen molar-refractivity contribution in [3.8, 4) is 0 Å². The summed E-state index contributed by atoms with van der Waals surface area (Å²) in [6, 6.07) is 10.4. The molecule has 94 valence electrons. The van der Waals surface area contributed by atoms with Gasteiger partial charge in [-0.3, -0.25) is 0 Å². The fourth-order valence-electron chi connectivity index (χ4n) is 1.50. The van der Waals surface area contributed by atoms with Crippen molar-refractivity contribution < 1.29 is 4.39 Å². The van der Waals surface area contributed by atoms with Gasteiger partial charge in [0.15, 0.2) is 0 Å². The summed E-state index contributed by atoms with van der Waals surface area (Å²) in [4.78, 5) is 0. The van der Waals surface area contributed by atoms with Crippen LogP contribution in [0.4, 0.5) is 10.1 Å². The minimum Gasteiger partial charge on any atom is -0.379 e. The fraction of sp³-hybridized carbons (Fsp3) is 0.0769. The van der Waals surface area contributed by atoms with E-state index in [9.17, 15) is 4.39 Å². The minimum absolute atomic E-state index is 0.289. The van der Waals surface area contributed by atoms with Crippen LogP contribution in [-0.4, -0.2) is 0 Å². The van der Waals surface area contributed by atoms with Crippen molar-refractivity contribution in [3.05, 3.63) is 61.7 Å². The van der Waals surface area contributed by atoms with Crippen molar-refractivity contribution in [2.24, 2.45) is 0 Å². The Balaban J connectivity index is 2.13. The lowest BCUT2D eigenvalue weighted by Gasteiger charge is -2.09. The van der Waals surface area contributed by atoms with Gasteiger partial charge in [-0.25, -0.2) is 4.39 Å². The van der Waals surface area contributed by atoms with E-state index < -0.39 is 0 Å². The Morgan fingerprint density at radius 3 is 2.61 bits per heavy atom. The number of hydrogen-bond donors (Lipinski definition) is 1. The van der Waals surface area contributed by atoms with Gasteiger partial charge in [0.2, 0.25) is 0 Å². The first kappa shape index (κ1) is 13.8. The van der Waals surface area contributed by atoms with Crippen molar-refractivity contribution in [1.82, 2.24) is 0 Å². The normalized spacial score (nSPS) is 10.4. The molecule has 0 bridgehead atoms. The lowest BCUT2D eigenvalue weighted by atomic mass is 10.2. The largest absolute Gasteiger partial charge is 0.379 e. The summed E-state index contributed by atoms with van der Waals surface area (Å²) >= 11 is 12.6. The molecule has 0 amide bonds. The number of nitrogens with one attached hydrogen (secondary N) is 1. The third-order valence-corrected chi connectivity index (χ3v) is 3.91. The van der Waals surface area contributed by atoms with Gasteiger partial charge in [-0.05, 0) is 42.0 Å². The Morgan fingerprint density at radius 1 is 1.11 bits per heavy atom. The quantitative estimate of drug-likeness (QED) is 0.714. The van der Waals surface area contributed by atoms with Crippen LogP contribution in [0.1, 0.15) is 5.56 Å². The molecular formula is C13H9Br2ClFN. The van der Waals surface area contributed by atoms with Crippen LogP contribution < -0.4 is 5.32 Å². The highest BCUT2D eigenvalue weighted by Gasteiger charge is 2.04. The molecule has 0 saturated carbocycles. The zero-order valence-electron chi connectivity index (χ0n) is 9.18. The van der Waals surface area contributed by atoms with Crippen LogP contribution in [-0.2, 0) is 6.54 Å². The summed E-state index contributed by atoms with van der Waals surface area (Å²) in [5.74, 6) is -0.289. The van der Waals surface area contributed by atoms with E-state index >= 15 is 0 Å². The van der Waals surface area contributed by atoms with E-state index in [0.717, 1.165) is 14.5 Å². The van der Waals surface area contributed by atoms with Gasteiger partial charge in [-0.1, -0.05) is 43.5 Å². The molecule has 0 spiro atoms. The lowest BCUT2D eigenvalue weighted by molar-refractivity contribution is 0.629. The molecule has 0 heterocycles. The molecule has 0 aliphatic heterocycles. The second kappa shape index (κ2) is 6.04. The summed E-state index contributed by atoms with van der Waals surface area (Å²) in [6.45, 7) is 0.500. The summed E-state index contributed by atoms with van der Waals surface area (Å²) in [7, 11) is 0. The number of halogens is 4. The number of benzene rings is 2. The van der Waals surface area contributed by atoms with Crippen LogP contribution >= 0.6 is 43.5 Å². The zero-order valence-corrected chi connectivity index (χ0v) is 13.1. The van der Waals surface area contributed by atoms with Crippen LogP contribution in [0.3, 0.4) is 0 Å². The van der Waals surface area contributed by atoms with Crippen LogP contribution in [0, 0.1) is 5.82 Å². The van der Waals surface area contributed by atoms with Gasteiger partial charge < -0.3 is 5.32 Å². The van der Waals surface area contributed by atoms with Crippen LogP contribution in [0.15, 0.2) is 45.3 Å². The smallest absolute Gasteiger partial charge is 0.147 e. The molecule has 18 heavy (non-hydrogen) atoms. The van der Waals surface area contributed by atoms with Gasteiger partial charge >= 0.3 is 0 Å². The molecule has 2 rings (SSSR count). The van der Waals surface area contributed by atoms with Crippen molar-refractivity contribution >= 4 is 49.1 Å². The molecule has 2 aromatic rings. The Morgan fingerprint density at radius 2 is 1.89 bits per heavy atom. The van der Waals surface area contributed by atoms with Gasteiger partial charge in [0.1, 0.15) is 5.82 Å². The van der Waals surface area contributed by atoms with E-state index in [4.69, 9.17) is 11.6 Å². The molecule has 0 saturated heterocycles. The van der Waals surface area contributed by atoms with E-state index in [1.54, 1.807) is 18.2 Å². The molecule has 0 unspecified atom stereocenters. The number of hydrogen-bond acceptors (Lipinski definition) is 1. The van der Waals surface area contributed by atoms with E-state index in [0.29, 0.717) is 17.3 Å². The van der Waals surface area contributed by atoms with Gasteiger partial charge in [-0.15, -0.1) is 0 Å². The van der Waals surface area contributed by atoms with E-state index in [-0.39, 0.29) is 5.82 Å². The summed E-state index contributed by atoms with van der Waals surface area (Å²) in [6.07, 6.45) is 0. The number of anilines is 1. The van der Waals surface area contributed by atoms with Crippen LogP contribution in [0.5, 0.6) is 0 Å². The van der Waals surface area contributed by atoms with Crippen molar-refractivity contribution in [2.45, 2.75) is 6.54 Å². The lowest BCUT2D eigenvalue weighted by Crippen LogP contribution is -2.02. The maximum atomic E-state index is 13.6. The standard InChI is InChI=1S/C13H9Br2ClFN/c14-9-1-4-13(12(17)6-9)18-7-8-5-10(16)2-3-11(8)15/h1-6,18H,7H2. The maximum Gasteiger partial charge on any atom is 0.147 e.